The zero-order valence-electron chi connectivity index (χ0n) is 7.77. The molecule has 1 spiro atoms. The van der Waals surface area contributed by atoms with Crippen LogP contribution < -0.4 is 0 Å². The Morgan fingerprint density at radius 2 is 1.42 bits per heavy atom. The Morgan fingerprint density at radius 1 is 0.833 bits per heavy atom. The molecule has 2 aliphatic heterocycles. The van der Waals surface area contributed by atoms with E-state index >= 15 is 0 Å². The van der Waals surface area contributed by atoms with E-state index in [-0.39, 0.29) is 0 Å². The summed E-state index contributed by atoms with van der Waals surface area (Å²) in [6.45, 7) is 3.34. The summed E-state index contributed by atoms with van der Waals surface area (Å²) in [6, 6.07) is 0. The summed E-state index contributed by atoms with van der Waals surface area (Å²) >= 11 is 0. The molecule has 2 fully saturated rings. The molecule has 2 rings (SSSR count). The Hall–Kier alpha value is -0.110. The van der Waals surface area contributed by atoms with Gasteiger partial charge in [-0.1, -0.05) is 0 Å². The summed E-state index contributed by atoms with van der Waals surface area (Å²) in [5, 5.41) is 0. The second-order valence-corrected chi connectivity index (χ2v) is 4.38. The van der Waals surface area contributed by atoms with Crippen LogP contribution in [0.25, 0.3) is 0 Å². The third-order valence-electron chi connectivity index (χ3n) is 3.60. The first kappa shape index (κ1) is 8.49. The second-order valence-electron chi connectivity index (χ2n) is 4.38. The molecule has 1 atom stereocenters. The number of quaternary nitrogens is 1. The van der Waals surface area contributed by atoms with Crippen LogP contribution in [0.4, 0.5) is 4.39 Å². The smallest absolute Gasteiger partial charge is 0.232 e. The van der Waals surface area contributed by atoms with Gasteiger partial charge in [-0.05, 0) is 32.1 Å². The molecule has 0 bridgehead atoms. The van der Waals surface area contributed by atoms with Crippen molar-refractivity contribution in [1.82, 2.24) is 0 Å². The predicted molar refractivity (Wildman–Crippen MR) is 47.5 cm³/mol. The van der Waals surface area contributed by atoms with Gasteiger partial charge in [-0.3, -0.25) is 4.48 Å². The molecule has 2 aliphatic rings. The van der Waals surface area contributed by atoms with Gasteiger partial charge in [-0.25, -0.2) is 0 Å². The fraction of sp³-hybridized carbons (Fsp3) is 1.00. The molecule has 0 aromatic heterocycles. The van der Waals surface area contributed by atoms with Crippen LogP contribution in [0.2, 0.25) is 0 Å². The number of halogens is 1. The van der Waals surface area contributed by atoms with E-state index in [1.54, 1.807) is 0 Å². The van der Waals surface area contributed by atoms with E-state index in [1.807, 2.05) is 0 Å². The van der Waals surface area contributed by atoms with E-state index in [9.17, 15) is 4.39 Å². The van der Waals surface area contributed by atoms with Crippen molar-refractivity contribution in [3.05, 3.63) is 0 Å². The average Bonchev–Trinajstić information content (AvgIpc) is 2.12. The minimum Gasteiger partial charge on any atom is -0.295 e. The summed E-state index contributed by atoms with van der Waals surface area (Å²) in [4.78, 5) is 0. The fourth-order valence-corrected chi connectivity index (χ4v) is 2.80. The Bertz CT molecular complexity index is 144. The zero-order chi connectivity index (χ0) is 8.44. The van der Waals surface area contributed by atoms with E-state index in [4.69, 9.17) is 0 Å². The minimum absolute atomic E-state index is 0.529. The van der Waals surface area contributed by atoms with Crippen LogP contribution in [0.15, 0.2) is 0 Å². The largest absolute Gasteiger partial charge is 0.295 e. The molecular weight excluding hydrogens is 153 g/mol. The maximum atomic E-state index is 13.7. The van der Waals surface area contributed by atoms with Crippen molar-refractivity contribution >= 4 is 0 Å². The maximum absolute atomic E-state index is 13.7. The van der Waals surface area contributed by atoms with Crippen LogP contribution in [0.1, 0.15) is 38.5 Å². The minimum atomic E-state index is -0.529. The van der Waals surface area contributed by atoms with Crippen molar-refractivity contribution < 1.29 is 8.87 Å². The van der Waals surface area contributed by atoms with Crippen molar-refractivity contribution in [2.75, 3.05) is 19.6 Å². The SMILES string of the molecule is FC1CCCC[N+]12CCCCC2. The molecule has 0 amide bonds. The van der Waals surface area contributed by atoms with Crippen LogP contribution in [0.3, 0.4) is 0 Å². The molecule has 0 N–H and O–H groups in total. The molecule has 0 aliphatic carbocycles. The van der Waals surface area contributed by atoms with Gasteiger partial charge in [-0.15, -0.1) is 0 Å². The van der Waals surface area contributed by atoms with Crippen LogP contribution in [-0.2, 0) is 0 Å². The standard InChI is InChI=1S/C10H19FN/c11-10-6-2-5-9-12(10)7-3-1-4-8-12/h10H,1-9H2/q+1. The van der Waals surface area contributed by atoms with Gasteiger partial charge in [-0.2, -0.15) is 4.39 Å². The summed E-state index contributed by atoms with van der Waals surface area (Å²) in [7, 11) is 0. The highest BCUT2D eigenvalue weighted by atomic mass is 19.1. The molecule has 2 heteroatoms. The van der Waals surface area contributed by atoms with Crippen LogP contribution in [-0.4, -0.2) is 30.4 Å². The predicted octanol–water partition coefficient (Wildman–Crippen LogP) is 2.47. The topological polar surface area (TPSA) is 0 Å². The van der Waals surface area contributed by atoms with Crippen LogP contribution in [0.5, 0.6) is 0 Å². The number of nitrogens with zero attached hydrogens (tertiary/aromatic N) is 1. The number of rotatable bonds is 0. The molecular formula is C10H19FN+. The number of hydrogen-bond donors (Lipinski definition) is 0. The fourth-order valence-electron chi connectivity index (χ4n) is 2.80. The molecule has 2 saturated heterocycles. The lowest BCUT2D eigenvalue weighted by Crippen LogP contribution is -2.58. The lowest BCUT2D eigenvalue weighted by atomic mass is 10.0. The molecule has 1 nitrogen and oxygen atoms in total. The van der Waals surface area contributed by atoms with Crippen molar-refractivity contribution in [2.45, 2.75) is 44.8 Å². The monoisotopic (exact) mass is 172 g/mol. The van der Waals surface area contributed by atoms with E-state index < -0.39 is 6.30 Å². The van der Waals surface area contributed by atoms with Gasteiger partial charge in [0.15, 0.2) is 0 Å². The Labute approximate surface area is 74.1 Å². The van der Waals surface area contributed by atoms with Gasteiger partial charge in [0.25, 0.3) is 0 Å². The first-order chi connectivity index (χ1) is 5.83. The third kappa shape index (κ3) is 1.37. The zero-order valence-corrected chi connectivity index (χ0v) is 7.77. The van der Waals surface area contributed by atoms with Gasteiger partial charge in [0.2, 0.25) is 6.30 Å². The third-order valence-corrected chi connectivity index (χ3v) is 3.60. The lowest BCUT2D eigenvalue weighted by molar-refractivity contribution is -0.973. The summed E-state index contributed by atoms with van der Waals surface area (Å²) < 4.78 is 14.5. The van der Waals surface area contributed by atoms with Crippen molar-refractivity contribution in [3.8, 4) is 0 Å². The number of hydrogen-bond acceptors (Lipinski definition) is 0. The number of alkyl halides is 1. The van der Waals surface area contributed by atoms with E-state index in [0.29, 0.717) is 0 Å². The normalized spacial score (nSPS) is 35.2. The van der Waals surface area contributed by atoms with Gasteiger partial charge < -0.3 is 0 Å². The molecule has 2 heterocycles. The lowest BCUT2D eigenvalue weighted by Gasteiger charge is -2.46. The highest BCUT2D eigenvalue weighted by Gasteiger charge is 2.40. The first-order valence-corrected chi connectivity index (χ1v) is 5.33. The van der Waals surface area contributed by atoms with Gasteiger partial charge in [0.1, 0.15) is 0 Å². The second kappa shape index (κ2) is 3.33. The highest BCUT2D eigenvalue weighted by Crippen LogP contribution is 2.31. The first-order valence-electron chi connectivity index (χ1n) is 5.33. The molecule has 0 saturated carbocycles. The van der Waals surface area contributed by atoms with Gasteiger partial charge in [0.05, 0.1) is 19.6 Å². The van der Waals surface area contributed by atoms with E-state index in [2.05, 4.69) is 0 Å². The van der Waals surface area contributed by atoms with Crippen molar-refractivity contribution in [3.63, 3.8) is 0 Å². The summed E-state index contributed by atoms with van der Waals surface area (Å²) in [5.74, 6) is 0. The molecule has 70 valence electrons. The van der Waals surface area contributed by atoms with Crippen LogP contribution in [0, 0.1) is 0 Å². The highest BCUT2D eigenvalue weighted by molar-refractivity contribution is 4.62. The average molecular weight is 172 g/mol. The molecule has 0 aromatic rings. The quantitative estimate of drug-likeness (QED) is 0.389. The Balaban J connectivity index is 2.04. The number of piperidine rings is 2. The van der Waals surface area contributed by atoms with Crippen molar-refractivity contribution in [2.24, 2.45) is 0 Å². The van der Waals surface area contributed by atoms with E-state index in [0.717, 1.165) is 37.0 Å². The van der Waals surface area contributed by atoms with E-state index in [1.165, 1.54) is 25.7 Å². The molecule has 12 heavy (non-hydrogen) atoms. The molecule has 0 aromatic carbocycles. The molecule has 1 unspecified atom stereocenters. The Kier molecular flexibility index (Phi) is 2.35. The summed E-state index contributed by atoms with van der Waals surface area (Å²) in [6.07, 6.45) is 6.48. The van der Waals surface area contributed by atoms with Gasteiger partial charge in [0, 0.05) is 6.42 Å². The van der Waals surface area contributed by atoms with Crippen LogP contribution >= 0.6 is 0 Å². The maximum Gasteiger partial charge on any atom is 0.232 e. The van der Waals surface area contributed by atoms with Gasteiger partial charge >= 0.3 is 0 Å². The van der Waals surface area contributed by atoms with Crippen molar-refractivity contribution in [1.29, 1.82) is 0 Å². The Morgan fingerprint density at radius 3 is 2.08 bits per heavy atom. The molecule has 0 radical (unpaired) electrons. The summed E-state index contributed by atoms with van der Waals surface area (Å²) in [5.41, 5.74) is 0.